The van der Waals surface area contributed by atoms with Crippen molar-refractivity contribution >= 4 is 6.09 Å². The van der Waals surface area contributed by atoms with Crippen LogP contribution < -0.4 is 0 Å². The summed E-state index contributed by atoms with van der Waals surface area (Å²) < 4.78 is 11.2. The lowest BCUT2D eigenvalue weighted by Crippen LogP contribution is -2.33. The van der Waals surface area contributed by atoms with E-state index < -0.39 is 0 Å². The van der Waals surface area contributed by atoms with Gasteiger partial charge in [-0.3, -0.25) is 4.90 Å². The van der Waals surface area contributed by atoms with Gasteiger partial charge in [-0.05, 0) is 18.4 Å². The zero-order valence-corrected chi connectivity index (χ0v) is 10.7. The molecule has 1 aromatic rings. The van der Waals surface area contributed by atoms with Gasteiger partial charge in [-0.1, -0.05) is 36.4 Å². The Bertz CT molecular complexity index is 474. The maximum Gasteiger partial charge on any atom is 0.413 e. The number of amides is 1. The average Bonchev–Trinajstić information content (AvgIpc) is 3.00. The van der Waals surface area contributed by atoms with Crippen molar-refractivity contribution in [3.63, 3.8) is 0 Å². The fourth-order valence-corrected chi connectivity index (χ4v) is 2.71. The highest BCUT2D eigenvalue weighted by Gasteiger charge is 2.50. The predicted octanol–water partition coefficient (Wildman–Crippen LogP) is 2.87. The third-order valence-corrected chi connectivity index (χ3v) is 3.66. The first-order chi connectivity index (χ1) is 9.31. The van der Waals surface area contributed by atoms with Gasteiger partial charge in [-0.25, -0.2) is 4.79 Å². The Kier molecular flexibility index (Phi) is 3.25. The van der Waals surface area contributed by atoms with Gasteiger partial charge in [0.15, 0.2) is 6.23 Å². The van der Waals surface area contributed by atoms with Crippen LogP contribution in [0.4, 0.5) is 4.79 Å². The summed E-state index contributed by atoms with van der Waals surface area (Å²) in [5, 5.41) is 0. The SMILES string of the molecule is C=CCC[C@H]1OC(=O)N2[C@@H]1OC[C@H]2c1ccccc1. The number of cyclic esters (lactones) is 1. The zero-order valence-electron chi connectivity index (χ0n) is 10.7. The Hall–Kier alpha value is -1.81. The zero-order chi connectivity index (χ0) is 13.2. The first-order valence-corrected chi connectivity index (χ1v) is 6.57. The second kappa shape index (κ2) is 5.05. The van der Waals surface area contributed by atoms with Gasteiger partial charge < -0.3 is 9.47 Å². The van der Waals surface area contributed by atoms with Gasteiger partial charge in [0.25, 0.3) is 0 Å². The minimum absolute atomic E-state index is 0.0348. The fourth-order valence-electron chi connectivity index (χ4n) is 2.71. The van der Waals surface area contributed by atoms with Crippen molar-refractivity contribution in [3.05, 3.63) is 48.6 Å². The van der Waals surface area contributed by atoms with E-state index in [9.17, 15) is 4.79 Å². The number of ether oxygens (including phenoxy) is 2. The number of carbonyl (C=O) groups excluding carboxylic acids is 1. The largest absolute Gasteiger partial charge is 0.441 e. The van der Waals surface area contributed by atoms with E-state index in [1.165, 1.54) is 0 Å². The fraction of sp³-hybridized carbons (Fsp3) is 0.400. The molecule has 100 valence electrons. The Labute approximate surface area is 112 Å². The van der Waals surface area contributed by atoms with E-state index in [4.69, 9.17) is 9.47 Å². The lowest BCUT2D eigenvalue weighted by atomic mass is 10.1. The molecule has 0 saturated carbocycles. The highest BCUT2D eigenvalue weighted by atomic mass is 16.6. The van der Waals surface area contributed by atoms with Gasteiger partial charge in [-0.15, -0.1) is 6.58 Å². The molecular formula is C15H17NO3. The van der Waals surface area contributed by atoms with Crippen LogP contribution in [0.2, 0.25) is 0 Å². The van der Waals surface area contributed by atoms with Crippen molar-refractivity contribution in [3.8, 4) is 0 Å². The van der Waals surface area contributed by atoms with E-state index in [1.54, 1.807) is 4.90 Å². The number of rotatable bonds is 4. The van der Waals surface area contributed by atoms with Crippen LogP contribution >= 0.6 is 0 Å². The lowest BCUT2D eigenvalue weighted by molar-refractivity contribution is 0.00666. The van der Waals surface area contributed by atoms with Crippen molar-refractivity contribution < 1.29 is 14.3 Å². The molecule has 2 aliphatic heterocycles. The minimum atomic E-state index is -0.273. The molecule has 0 radical (unpaired) electrons. The van der Waals surface area contributed by atoms with Crippen molar-refractivity contribution in [2.45, 2.75) is 31.2 Å². The number of hydrogen-bond acceptors (Lipinski definition) is 3. The van der Waals surface area contributed by atoms with Gasteiger partial charge in [-0.2, -0.15) is 0 Å². The number of carbonyl (C=O) groups is 1. The maximum absolute atomic E-state index is 12.0. The molecular weight excluding hydrogens is 242 g/mol. The molecule has 19 heavy (non-hydrogen) atoms. The minimum Gasteiger partial charge on any atom is -0.441 e. The van der Waals surface area contributed by atoms with Crippen LogP contribution in [0.15, 0.2) is 43.0 Å². The van der Waals surface area contributed by atoms with Gasteiger partial charge in [0, 0.05) is 0 Å². The third kappa shape index (κ3) is 2.12. The third-order valence-electron chi connectivity index (χ3n) is 3.66. The average molecular weight is 259 g/mol. The molecule has 2 saturated heterocycles. The molecule has 1 amide bonds. The smallest absolute Gasteiger partial charge is 0.413 e. The first-order valence-electron chi connectivity index (χ1n) is 6.57. The molecule has 2 aliphatic rings. The van der Waals surface area contributed by atoms with E-state index in [0.29, 0.717) is 6.61 Å². The van der Waals surface area contributed by atoms with Crippen LogP contribution in [0.25, 0.3) is 0 Å². The Morgan fingerprint density at radius 2 is 2.16 bits per heavy atom. The normalized spacial score (nSPS) is 29.2. The summed E-state index contributed by atoms with van der Waals surface area (Å²) >= 11 is 0. The first kappa shape index (κ1) is 12.2. The molecule has 2 fully saturated rings. The number of allylic oxidation sites excluding steroid dienone is 1. The number of hydrogen-bond donors (Lipinski definition) is 0. The molecule has 4 heteroatoms. The van der Waals surface area contributed by atoms with Crippen LogP contribution in [0.1, 0.15) is 24.4 Å². The number of benzene rings is 1. The Morgan fingerprint density at radius 1 is 1.37 bits per heavy atom. The quantitative estimate of drug-likeness (QED) is 0.780. The van der Waals surface area contributed by atoms with Gasteiger partial charge >= 0.3 is 6.09 Å². The molecule has 3 atom stereocenters. The standard InChI is InChI=1S/C15H17NO3/c1-2-3-9-13-14-16(15(17)19-13)12(10-18-14)11-7-5-4-6-8-11/h2,4-8,12-14H,1,3,9-10H2/t12-,13+,14+/m0/s1. The molecule has 3 rings (SSSR count). The van der Waals surface area contributed by atoms with Gasteiger partial charge in [0.05, 0.1) is 12.6 Å². The topological polar surface area (TPSA) is 38.8 Å². The van der Waals surface area contributed by atoms with E-state index in [0.717, 1.165) is 18.4 Å². The number of fused-ring (bicyclic) bond motifs is 1. The molecule has 0 bridgehead atoms. The van der Waals surface area contributed by atoms with Crippen molar-refractivity contribution in [2.24, 2.45) is 0 Å². The van der Waals surface area contributed by atoms with Crippen LogP contribution in [0.5, 0.6) is 0 Å². The number of nitrogens with zero attached hydrogens (tertiary/aromatic N) is 1. The summed E-state index contributed by atoms with van der Waals surface area (Å²) in [4.78, 5) is 13.7. The molecule has 0 spiro atoms. The van der Waals surface area contributed by atoms with Crippen molar-refractivity contribution in [1.82, 2.24) is 4.90 Å². The predicted molar refractivity (Wildman–Crippen MR) is 70.5 cm³/mol. The van der Waals surface area contributed by atoms with Gasteiger partial charge in [0.2, 0.25) is 0 Å². The van der Waals surface area contributed by atoms with Crippen molar-refractivity contribution in [1.29, 1.82) is 0 Å². The summed E-state index contributed by atoms with van der Waals surface area (Å²) in [6.45, 7) is 4.23. The van der Waals surface area contributed by atoms with Gasteiger partial charge in [0.1, 0.15) is 6.10 Å². The Balaban J connectivity index is 1.79. The monoisotopic (exact) mass is 259 g/mol. The molecule has 0 unspecified atom stereocenters. The summed E-state index contributed by atoms with van der Waals surface area (Å²) in [7, 11) is 0. The molecule has 2 heterocycles. The summed E-state index contributed by atoms with van der Waals surface area (Å²) in [5.74, 6) is 0. The Morgan fingerprint density at radius 3 is 2.89 bits per heavy atom. The highest BCUT2D eigenvalue weighted by Crippen LogP contribution is 2.38. The highest BCUT2D eigenvalue weighted by molar-refractivity contribution is 5.71. The second-order valence-electron chi connectivity index (χ2n) is 4.85. The van der Waals surface area contributed by atoms with E-state index >= 15 is 0 Å². The van der Waals surface area contributed by atoms with Crippen molar-refractivity contribution in [2.75, 3.05) is 6.61 Å². The molecule has 1 aromatic carbocycles. The summed E-state index contributed by atoms with van der Waals surface area (Å²) in [6.07, 6.45) is 2.71. The summed E-state index contributed by atoms with van der Waals surface area (Å²) in [5.41, 5.74) is 1.09. The van der Waals surface area contributed by atoms with E-state index in [-0.39, 0.29) is 24.5 Å². The van der Waals surface area contributed by atoms with E-state index in [2.05, 4.69) is 6.58 Å². The summed E-state index contributed by atoms with van der Waals surface area (Å²) in [6, 6.07) is 9.90. The molecule has 0 N–H and O–H groups in total. The van der Waals surface area contributed by atoms with Crippen LogP contribution in [0, 0.1) is 0 Å². The second-order valence-corrected chi connectivity index (χ2v) is 4.85. The molecule has 4 nitrogen and oxygen atoms in total. The maximum atomic E-state index is 12.0. The lowest BCUT2D eigenvalue weighted by Gasteiger charge is -2.19. The molecule has 0 aliphatic carbocycles. The van der Waals surface area contributed by atoms with Crippen LogP contribution in [-0.2, 0) is 9.47 Å². The van der Waals surface area contributed by atoms with Crippen LogP contribution in [0.3, 0.4) is 0 Å². The molecule has 0 aromatic heterocycles. The van der Waals surface area contributed by atoms with Crippen LogP contribution in [-0.4, -0.2) is 29.9 Å². The van der Waals surface area contributed by atoms with E-state index in [1.807, 2.05) is 36.4 Å².